The summed E-state index contributed by atoms with van der Waals surface area (Å²) in [4.78, 5) is 26.4. The number of carbonyl (C=O) groups excluding carboxylic acids is 2. The number of ether oxygens (including phenoxy) is 1. The van der Waals surface area contributed by atoms with E-state index in [9.17, 15) is 9.59 Å². The van der Waals surface area contributed by atoms with Gasteiger partial charge in [-0.2, -0.15) is 0 Å². The molecule has 2 N–H and O–H groups in total. The number of amides is 2. The lowest BCUT2D eigenvalue weighted by Crippen LogP contribution is -2.47. The van der Waals surface area contributed by atoms with E-state index in [2.05, 4.69) is 0 Å². The molecule has 1 saturated carbocycles. The molecule has 1 aromatic carbocycles. The molecule has 0 spiro atoms. The molecule has 1 aliphatic heterocycles. The number of nitrogens with two attached hydrogens (primary N) is 1. The topological polar surface area (TPSA) is 72.6 Å². The van der Waals surface area contributed by atoms with Crippen molar-refractivity contribution in [1.29, 1.82) is 0 Å². The van der Waals surface area contributed by atoms with Gasteiger partial charge in [0.1, 0.15) is 5.75 Å². The van der Waals surface area contributed by atoms with Gasteiger partial charge in [0, 0.05) is 18.4 Å². The zero-order valence-corrected chi connectivity index (χ0v) is 11.5. The minimum Gasteiger partial charge on any atom is -0.495 e. The Balaban J connectivity index is 2.12. The van der Waals surface area contributed by atoms with Crippen molar-refractivity contribution < 1.29 is 14.3 Å². The Morgan fingerprint density at radius 3 is 2.45 bits per heavy atom. The quantitative estimate of drug-likeness (QED) is 0.847. The molecule has 2 unspecified atom stereocenters. The average Bonchev–Trinajstić information content (AvgIpc) is 2.92. The van der Waals surface area contributed by atoms with Crippen molar-refractivity contribution in [3.05, 3.63) is 23.8 Å². The highest BCUT2D eigenvalue weighted by atomic mass is 16.5. The maximum Gasteiger partial charge on any atom is 0.237 e. The fourth-order valence-electron chi connectivity index (χ4n) is 3.28. The Bertz CT molecular complexity index is 526. The van der Waals surface area contributed by atoms with Crippen molar-refractivity contribution in [1.82, 2.24) is 0 Å². The van der Waals surface area contributed by atoms with Crippen molar-refractivity contribution in [3.63, 3.8) is 0 Å². The SMILES string of the molecule is COc1cccc(CN)c1N1C(=O)C2CCC(C2)C1=O. The number of carbonyl (C=O) groups is 2. The third-order valence-corrected chi connectivity index (χ3v) is 4.32. The van der Waals surface area contributed by atoms with Crippen LogP contribution in [0.25, 0.3) is 0 Å². The lowest BCUT2D eigenvalue weighted by molar-refractivity contribution is -0.133. The summed E-state index contributed by atoms with van der Waals surface area (Å²) in [5.74, 6) is 0.239. The second-order valence-corrected chi connectivity index (χ2v) is 5.39. The van der Waals surface area contributed by atoms with Gasteiger partial charge < -0.3 is 10.5 Å². The number of para-hydroxylation sites is 1. The molecule has 2 amide bonds. The van der Waals surface area contributed by atoms with Crippen LogP contribution in [0.15, 0.2) is 18.2 Å². The van der Waals surface area contributed by atoms with Crippen LogP contribution in [0.1, 0.15) is 24.8 Å². The Morgan fingerprint density at radius 1 is 1.25 bits per heavy atom. The van der Waals surface area contributed by atoms with Gasteiger partial charge >= 0.3 is 0 Å². The summed E-state index contributed by atoms with van der Waals surface area (Å²) in [7, 11) is 1.53. The number of methoxy groups -OCH3 is 1. The summed E-state index contributed by atoms with van der Waals surface area (Å²) >= 11 is 0. The number of nitrogens with zero attached hydrogens (tertiary/aromatic N) is 1. The van der Waals surface area contributed by atoms with Crippen LogP contribution in [0.4, 0.5) is 5.69 Å². The number of hydrogen-bond acceptors (Lipinski definition) is 4. The Kier molecular flexibility index (Phi) is 3.22. The van der Waals surface area contributed by atoms with Gasteiger partial charge in [0.15, 0.2) is 0 Å². The molecule has 0 aromatic heterocycles. The molecule has 2 bridgehead atoms. The number of rotatable bonds is 3. The lowest BCUT2D eigenvalue weighted by Gasteiger charge is -2.31. The predicted octanol–water partition coefficient (Wildman–Crippen LogP) is 1.44. The molecule has 2 atom stereocenters. The molecule has 20 heavy (non-hydrogen) atoms. The van der Waals surface area contributed by atoms with Crippen LogP contribution in [0.5, 0.6) is 5.75 Å². The number of fused-ring (bicyclic) bond motifs is 2. The molecule has 1 heterocycles. The predicted molar refractivity (Wildman–Crippen MR) is 74.2 cm³/mol. The molecule has 2 aliphatic rings. The fraction of sp³-hybridized carbons (Fsp3) is 0.467. The zero-order valence-electron chi connectivity index (χ0n) is 11.5. The second kappa shape index (κ2) is 4.90. The van der Waals surface area contributed by atoms with Crippen LogP contribution < -0.4 is 15.4 Å². The van der Waals surface area contributed by atoms with Gasteiger partial charge in [0.2, 0.25) is 11.8 Å². The largest absolute Gasteiger partial charge is 0.495 e. The van der Waals surface area contributed by atoms with E-state index in [1.807, 2.05) is 12.1 Å². The lowest BCUT2D eigenvalue weighted by atomic mass is 9.95. The van der Waals surface area contributed by atoms with E-state index in [1.165, 1.54) is 12.0 Å². The van der Waals surface area contributed by atoms with E-state index in [0.717, 1.165) is 18.4 Å². The number of imide groups is 1. The number of anilines is 1. The highest BCUT2D eigenvalue weighted by Crippen LogP contribution is 2.43. The smallest absolute Gasteiger partial charge is 0.237 e. The van der Waals surface area contributed by atoms with Crippen LogP contribution in [0.2, 0.25) is 0 Å². The van der Waals surface area contributed by atoms with E-state index >= 15 is 0 Å². The van der Waals surface area contributed by atoms with E-state index < -0.39 is 0 Å². The summed E-state index contributed by atoms with van der Waals surface area (Å²) in [6.45, 7) is 0.263. The normalized spacial score (nSPS) is 25.2. The highest BCUT2D eigenvalue weighted by Gasteiger charge is 2.47. The fourth-order valence-corrected chi connectivity index (χ4v) is 3.28. The number of hydrogen-bond donors (Lipinski definition) is 1. The highest BCUT2D eigenvalue weighted by molar-refractivity contribution is 6.19. The first kappa shape index (κ1) is 13.1. The second-order valence-electron chi connectivity index (χ2n) is 5.39. The zero-order chi connectivity index (χ0) is 14.3. The van der Waals surface area contributed by atoms with Crippen LogP contribution in [-0.4, -0.2) is 18.9 Å². The molecule has 1 aliphatic carbocycles. The summed E-state index contributed by atoms with van der Waals surface area (Å²) < 4.78 is 5.33. The minimum absolute atomic E-state index is 0.0340. The molecule has 5 heteroatoms. The van der Waals surface area contributed by atoms with E-state index in [1.54, 1.807) is 6.07 Å². The first-order valence-electron chi connectivity index (χ1n) is 6.91. The van der Waals surface area contributed by atoms with Gasteiger partial charge in [0.05, 0.1) is 12.8 Å². The molecular formula is C15H18N2O3. The van der Waals surface area contributed by atoms with Gasteiger partial charge in [-0.25, -0.2) is 4.90 Å². The van der Waals surface area contributed by atoms with Gasteiger partial charge in [0.25, 0.3) is 0 Å². The van der Waals surface area contributed by atoms with Crippen molar-refractivity contribution in [3.8, 4) is 5.75 Å². The summed E-state index contributed by atoms with van der Waals surface area (Å²) in [5.41, 5.74) is 7.04. The maximum atomic E-state index is 12.5. The Morgan fingerprint density at radius 2 is 1.90 bits per heavy atom. The molecule has 1 saturated heterocycles. The van der Waals surface area contributed by atoms with Crippen LogP contribution in [0.3, 0.4) is 0 Å². The van der Waals surface area contributed by atoms with Gasteiger partial charge in [-0.15, -0.1) is 0 Å². The van der Waals surface area contributed by atoms with Crippen LogP contribution in [-0.2, 0) is 16.1 Å². The van der Waals surface area contributed by atoms with Crippen molar-refractivity contribution in [2.45, 2.75) is 25.8 Å². The van der Waals surface area contributed by atoms with Crippen molar-refractivity contribution in [2.24, 2.45) is 17.6 Å². The number of benzene rings is 1. The molecule has 2 fully saturated rings. The van der Waals surface area contributed by atoms with Crippen LogP contribution >= 0.6 is 0 Å². The average molecular weight is 274 g/mol. The summed E-state index contributed by atoms with van der Waals surface area (Å²) in [6, 6.07) is 5.40. The van der Waals surface area contributed by atoms with E-state index in [-0.39, 0.29) is 30.2 Å². The first-order valence-corrected chi connectivity index (χ1v) is 6.91. The molecular weight excluding hydrogens is 256 g/mol. The van der Waals surface area contributed by atoms with Gasteiger partial charge in [-0.05, 0) is 30.9 Å². The summed E-state index contributed by atoms with van der Waals surface area (Å²) in [5, 5.41) is 0. The molecule has 5 nitrogen and oxygen atoms in total. The third-order valence-electron chi connectivity index (χ3n) is 4.32. The Labute approximate surface area is 117 Å². The van der Waals surface area contributed by atoms with Crippen molar-refractivity contribution >= 4 is 17.5 Å². The summed E-state index contributed by atoms with van der Waals surface area (Å²) in [6.07, 6.45) is 2.30. The maximum absolute atomic E-state index is 12.5. The van der Waals surface area contributed by atoms with Gasteiger partial charge in [-0.3, -0.25) is 9.59 Å². The van der Waals surface area contributed by atoms with E-state index in [0.29, 0.717) is 17.9 Å². The number of piperidine rings is 1. The van der Waals surface area contributed by atoms with Gasteiger partial charge in [-0.1, -0.05) is 12.1 Å². The molecule has 3 rings (SSSR count). The van der Waals surface area contributed by atoms with Crippen molar-refractivity contribution in [2.75, 3.05) is 12.0 Å². The van der Waals surface area contributed by atoms with Crippen LogP contribution in [0, 0.1) is 11.8 Å². The standard InChI is InChI=1S/C15H18N2O3/c1-20-12-4-2-3-11(8-16)13(12)17-14(18)9-5-6-10(7-9)15(17)19/h2-4,9-10H,5-8,16H2,1H3. The third kappa shape index (κ3) is 1.81. The monoisotopic (exact) mass is 274 g/mol. The van der Waals surface area contributed by atoms with E-state index in [4.69, 9.17) is 10.5 Å². The molecule has 1 aromatic rings. The molecule has 0 radical (unpaired) electrons. The first-order chi connectivity index (χ1) is 9.67. The Hall–Kier alpha value is -1.88. The molecule has 106 valence electrons. The minimum atomic E-state index is -0.108.